The zero-order valence-electron chi connectivity index (χ0n) is 12.6. The fourth-order valence-electron chi connectivity index (χ4n) is 1.90. The second-order valence-corrected chi connectivity index (χ2v) is 5.88. The van der Waals surface area contributed by atoms with E-state index in [1.165, 1.54) is 0 Å². The number of aromatic nitrogens is 2. The summed E-state index contributed by atoms with van der Waals surface area (Å²) in [5.41, 5.74) is 1.07. The van der Waals surface area contributed by atoms with E-state index in [1.54, 1.807) is 0 Å². The summed E-state index contributed by atoms with van der Waals surface area (Å²) in [5, 5.41) is 15.2. The fraction of sp³-hybridized carbons (Fsp3) is 0.467. The van der Waals surface area contributed by atoms with E-state index in [4.69, 9.17) is 16.0 Å². The normalized spacial score (nSPS) is 12.6. The van der Waals surface area contributed by atoms with Crippen LogP contribution >= 0.6 is 11.6 Å². The lowest BCUT2D eigenvalue weighted by atomic mass is 10.1. The van der Waals surface area contributed by atoms with Crippen molar-refractivity contribution in [2.75, 3.05) is 11.9 Å². The van der Waals surface area contributed by atoms with E-state index < -0.39 is 0 Å². The number of anilines is 1. The SMILES string of the molecule is CC(C)CNCc1nnc(NC(C)c2cccc(Cl)c2)o1. The summed E-state index contributed by atoms with van der Waals surface area (Å²) >= 11 is 5.99. The molecule has 0 aliphatic heterocycles. The topological polar surface area (TPSA) is 63.0 Å². The van der Waals surface area contributed by atoms with E-state index in [1.807, 2.05) is 31.2 Å². The van der Waals surface area contributed by atoms with Gasteiger partial charge < -0.3 is 15.1 Å². The summed E-state index contributed by atoms with van der Waals surface area (Å²) < 4.78 is 5.56. The van der Waals surface area contributed by atoms with E-state index in [2.05, 4.69) is 34.7 Å². The summed E-state index contributed by atoms with van der Waals surface area (Å²) in [6, 6.07) is 8.16. The van der Waals surface area contributed by atoms with E-state index in [0.717, 1.165) is 12.1 Å². The summed E-state index contributed by atoms with van der Waals surface area (Å²) in [4.78, 5) is 0. The molecule has 1 unspecified atom stereocenters. The second kappa shape index (κ2) is 7.43. The third kappa shape index (κ3) is 5.02. The van der Waals surface area contributed by atoms with Crippen molar-refractivity contribution in [1.29, 1.82) is 0 Å². The quantitative estimate of drug-likeness (QED) is 0.817. The summed E-state index contributed by atoms with van der Waals surface area (Å²) in [5.74, 6) is 1.17. The zero-order valence-corrected chi connectivity index (χ0v) is 13.3. The molecule has 0 saturated heterocycles. The molecule has 1 heterocycles. The summed E-state index contributed by atoms with van der Waals surface area (Å²) in [6.45, 7) is 7.83. The van der Waals surface area contributed by atoms with Gasteiger partial charge >= 0.3 is 6.01 Å². The maximum atomic E-state index is 5.99. The van der Waals surface area contributed by atoms with Crippen LogP contribution in [0.1, 0.15) is 38.3 Å². The molecule has 0 saturated carbocycles. The van der Waals surface area contributed by atoms with Crippen molar-refractivity contribution < 1.29 is 4.42 Å². The van der Waals surface area contributed by atoms with Crippen molar-refractivity contribution in [1.82, 2.24) is 15.5 Å². The van der Waals surface area contributed by atoms with Crippen LogP contribution < -0.4 is 10.6 Å². The molecule has 0 radical (unpaired) electrons. The molecule has 1 aromatic heterocycles. The van der Waals surface area contributed by atoms with Gasteiger partial charge in [-0.1, -0.05) is 42.7 Å². The van der Waals surface area contributed by atoms with Gasteiger partial charge in [-0.3, -0.25) is 0 Å². The number of hydrogen-bond acceptors (Lipinski definition) is 5. The molecular formula is C15H21ClN4O. The Balaban J connectivity index is 1.90. The van der Waals surface area contributed by atoms with Gasteiger partial charge in [-0.15, -0.1) is 5.10 Å². The lowest BCUT2D eigenvalue weighted by Gasteiger charge is -2.12. The van der Waals surface area contributed by atoms with Gasteiger partial charge in [0.05, 0.1) is 12.6 Å². The molecule has 2 aromatic rings. The molecule has 0 amide bonds. The van der Waals surface area contributed by atoms with E-state index in [0.29, 0.717) is 29.4 Å². The minimum atomic E-state index is 0.0422. The van der Waals surface area contributed by atoms with Crippen LogP contribution in [0.2, 0.25) is 5.02 Å². The molecule has 21 heavy (non-hydrogen) atoms. The van der Waals surface area contributed by atoms with Crippen LogP contribution in [0.4, 0.5) is 6.01 Å². The van der Waals surface area contributed by atoms with Crippen LogP contribution in [0.25, 0.3) is 0 Å². The Labute approximate surface area is 130 Å². The van der Waals surface area contributed by atoms with Gasteiger partial charge in [0.15, 0.2) is 0 Å². The van der Waals surface area contributed by atoms with Crippen LogP contribution in [0.15, 0.2) is 28.7 Å². The van der Waals surface area contributed by atoms with Crippen molar-refractivity contribution in [3.8, 4) is 0 Å². The predicted molar refractivity (Wildman–Crippen MR) is 84.3 cm³/mol. The van der Waals surface area contributed by atoms with Crippen molar-refractivity contribution in [2.24, 2.45) is 5.92 Å². The molecule has 2 rings (SSSR count). The molecule has 0 aliphatic rings. The minimum Gasteiger partial charge on any atom is -0.407 e. The first kappa shape index (κ1) is 15.8. The monoisotopic (exact) mass is 308 g/mol. The largest absolute Gasteiger partial charge is 0.407 e. The van der Waals surface area contributed by atoms with E-state index >= 15 is 0 Å². The van der Waals surface area contributed by atoms with Gasteiger partial charge in [0.2, 0.25) is 5.89 Å². The maximum absolute atomic E-state index is 5.99. The third-order valence-corrected chi connectivity index (χ3v) is 3.22. The molecule has 5 nitrogen and oxygen atoms in total. The number of nitrogens with zero attached hydrogens (tertiary/aromatic N) is 2. The highest BCUT2D eigenvalue weighted by molar-refractivity contribution is 6.30. The number of nitrogens with one attached hydrogen (secondary N) is 2. The number of rotatable bonds is 7. The Kier molecular flexibility index (Phi) is 5.59. The Bertz CT molecular complexity index is 570. The molecular weight excluding hydrogens is 288 g/mol. The van der Waals surface area contributed by atoms with Gasteiger partial charge in [-0.2, -0.15) is 0 Å². The van der Waals surface area contributed by atoms with Crippen molar-refractivity contribution >= 4 is 17.6 Å². The first-order valence-corrected chi connectivity index (χ1v) is 7.47. The Hall–Kier alpha value is -1.59. The number of halogens is 1. The first-order chi connectivity index (χ1) is 10.0. The molecule has 2 N–H and O–H groups in total. The minimum absolute atomic E-state index is 0.0422. The molecule has 0 spiro atoms. The van der Waals surface area contributed by atoms with Crippen molar-refractivity contribution in [3.05, 3.63) is 40.7 Å². The average Bonchev–Trinajstić information content (AvgIpc) is 2.86. The standard InChI is InChI=1S/C15H21ClN4O/c1-10(2)8-17-9-14-19-20-15(21-14)18-11(3)12-5-4-6-13(16)7-12/h4-7,10-11,17H,8-9H2,1-3H3,(H,18,20). The molecule has 114 valence electrons. The lowest BCUT2D eigenvalue weighted by Crippen LogP contribution is -2.19. The second-order valence-electron chi connectivity index (χ2n) is 5.45. The highest BCUT2D eigenvalue weighted by Crippen LogP contribution is 2.21. The summed E-state index contributed by atoms with van der Waals surface area (Å²) in [7, 11) is 0. The number of benzene rings is 1. The molecule has 6 heteroatoms. The van der Waals surface area contributed by atoms with Crippen molar-refractivity contribution in [3.63, 3.8) is 0 Å². The molecule has 1 aromatic carbocycles. The van der Waals surface area contributed by atoms with Crippen LogP contribution in [0, 0.1) is 5.92 Å². The fourth-order valence-corrected chi connectivity index (χ4v) is 2.09. The smallest absolute Gasteiger partial charge is 0.315 e. The molecule has 0 aliphatic carbocycles. The van der Waals surface area contributed by atoms with Crippen LogP contribution in [-0.4, -0.2) is 16.7 Å². The average molecular weight is 309 g/mol. The first-order valence-electron chi connectivity index (χ1n) is 7.09. The lowest BCUT2D eigenvalue weighted by molar-refractivity contribution is 0.456. The number of hydrogen-bond donors (Lipinski definition) is 2. The highest BCUT2D eigenvalue weighted by Gasteiger charge is 2.11. The Morgan fingerprint density at radius 3 is 2.76 bits per heavy atom. The predicted octanol–water partition coefficient (Wildman–Crippen LogP) is 3.64. The maximum Gasteiger partial charge on any atom is 0.315 e. The molecule has 1 atom stereocenters. The van der Waals surface area contributed by atoms with Gasteiger partial charge in [0.25, 0.3) is 0 Å². The van der Waals surface area contributed by atoms with Gasteiger partial charge in [-0.05, 0) is 37.1 Å². The Morgan fingerprint density at radius 2 is 2.05 bits per heavy atom. The van der Waals surface area contributed by atoms with Gasteiger partial charge in [-0.25, -0.2) is 0 Å². The highest BCUT2D eigenvalue weighted by atomic mass is 35.5. The zero-order chi connectivity index (χ0) is 15.2. The van der Waals surface area contributed by atoms with E-state index in [9.17, 15) is 0 Å². The van der Waals surface area contributed by atoms with Crippen molar-refractivity contribution in [2.45, 2.75) is 33.4 Å². The van der Waals surface area contributed by atoms with E-state index in [-0.39, 0.29) is 6.04 Å². The molecule has 0 fully saturated rings. The van der Waals surface area contributed by atoms with Gasteiger partial charge in [0.1, 0.15) is 0 Å². The molecule has 0 bridgehead atoms. The van der Waals surface area contributed by atoms with Crippen LogP contribution in [-0.2, 0) is 6.54 Å². The van der Waals surface area contributed by atoms with Crippen LogP contribution in [0.3, 0.4) is 0 Å². The Morgan fingerprint density at radius 1 is 1.24 bits per heavy atom. The van der Waals surface area contributed by atoms with Crippen LogP contribution in [0.5, 0.6) is 0 Å². The third-order valence-electron chi connectivity index (χ3n) is 2.98. The summed E-state index contributed by atoms with van der Waals surface area (Å²) in [6.07, 6.45) is 0. The van der Waals surface area contributed by atoms with Gasteiger partial charge in [0, 0.05) is 5.02 Å².